The maximum absolute atomic E-state index is 14.1. The van der Waals surface area contributed by atoms with Crippen molar-refractivity contribution in [2.45, 2.75) is 32.4 Å². The topological polar surface area (TPSA) is 106 Å². The minimum atomic E-state index is -1.11. The van der Waals surface area contributed by atoms with Crippen LogP contribution in [0.15, 0.2) is 41.2 Å². The molecule has 1 saturated heterocycles. The van der Waals surface area contributed by atoms with Gasteiger partial charge in [0.2, 0.25) is 5.95 Å². The van der Waals surface area contributed by atoms with Gasteiger partial charge in [-0.2, -0.15) is 0 Å². The van der Waals surface area contributed by atoms with Gasteiger partial charge in [-0.3, -0.25) is 4.79 Å². The first-order valence-corrected chi connectivity index (χ1v) is 11.3. The van der Waals surface area contributed by atoms with Crippen LogP contribution in [0.5, 0.6) is 0 Å². The van der Waals surface area contributed by atoms with Crippen molar-refractivity contribution in [3.8, 4) is 0 Å². The Bertz CT molecular complexity index is 1510. The first-order chi connectivity index (χ1) is 16.3. The molecule has 4 aromatic rings. The van der Waals surface area contributed by atoms with Gasteiger partial charge in [0.25, 0.3) is 5.56 Å². The van der Waals surface area contributed by atoms with Crippen molar-refractivity contribution >= 4 is 33.9 Å². The van der Waals surface area contributed by atoms with Crippen LogP contribution in [0, 0.1) is 12.7 Å². The summed E-state index contributed by atoms with van der Waals surface area (Å²) in [6.45, 7) is 3.47. The SMILES string of the molecule is Cc1ccc(F)cc1Cn1c(N2CCC[C@@H](N)C2)nc2c3cccc(C(=O)O)c3n(C)c(=O)c21. The van der Waals surface area contributed by atoms with Crippen molar-refractivity contribution in [3.05, 3.63) is 69.3 Å². The van der Waals surface area contributed by atoms with Gasteiger partial charge >= 0.3 is 5.97 Å². The summed E-state index contributed by atoms with van der Waals surface area (Å²) in [5, 5.41) is 10.3. The number of aromatic carboxylic acids is 1. The molecule has 3 heterocycles. The van der Waals surface area contributed by atoms with Crippen LogP contribution in [0.1, 0.15) is 34.3 Å². The molecular weight excluding hydrogens is 437 g/mol. The van der Waals surface area contributed by atoms with E-state index in [2.05, 4.69) is 4.90 Å². The largest absolute Gasteiger partial charge is 0.478 e. The van der Waals surface area contributed by atoms with Crippen LogP contribution in [0.2, 0.25) is 0 Å². The van der Waals surface area contributed by atoms with Crippen LogP contribution in [0.3, 0.4) is 0 Å². The number of anilines is 1. The number of hydrogen-bond acceptors (Lipinski definition) is 5. The molecule has 0 aliphatic carbocycles. The molecule has 1 aliphatic rings. The molecule has 176 valence electrons. The number of imidazole rings is 1. The van der Waals surface area contributed by atoms with Gasteiger partial charge in [-0.1, -0.05) is 18.2 Å². The van der Waals surface area contributed by atoms with Gasteiger partial charge < -0.3 is 24.9 Å². The van der Waals surface area contributed by atoms with Crippen LogP contribution < -0.4 is 16.2 Å². The molecule has 0 amide bonds. The van der Waals surface area contributed by atoms with Crippen molar-refractivity contribution in [1.29, 1.82) is 0 Å². The van der Waals surface area contributed by atoms with Gasteiger partial charge in [0.1, 0.15) is 16.9 Å². The summed E-state index contributed by atoms with van der Waals surface area (Å²) in [4.78, 5) is 32.5. The number of aryl methyl sites for hydroxylation is 2. The number of benzene rings is 2. The summed E-state index contributed by atoms with van der Waals surface area (Å²) in [5.74, 6) is -0.882. The molecule has 5 rings (SSSR count). The Kier molecular flexibility index (Phi) is 5.36. The Morgan fingerprint density at radius 1 is 1.26 bits per heavy atom. The third-order valence-electron chi connectivity index (χ3n) is 6.69. The highest BCUT2D eigenvalue weighted by Gasteiger charge is 2.27. The molecule has 2 aromatic heterocycles. The van der Waals surface area contributed by atoms with Crippen molar-refractivity contribution in [2.75, 3.05) is 18.0 Å². The molecule has 34 heavy (non-hydrogen) atoms. The number of nitrogens with zero attached hydrogens (tertiary/aromatic N) is 4. The van der Waals surface area contributed by atoms with Crippen molar-refractivity contribution in [2.24, 2.45) is 12.8 Å². The van der Waals surface area contributed by atoms with Crippen LogP contribution in [-0.2, 0) is 13.6 Å². The highest BCUT2D eigenvalue weighted by molar-refractivity contribution is 6.10. The number of halogens is 1. The highest BCUT2D eigenvalue weighted by atomic mass is 19.1. The van der Waals surface area contributed by atoms with Crippen LogP contribution >= 0.6 is 0 Å². The number of hydrogen-bond donors (Lipinski definition) is 2. The summed E-state index contributed by atoms with van der Waals surface area (Å²) in [5.41, 5.74) is 8.67. The molecule has 0 unspecified atom stereocenters. The third kappa shape index (κ3) is 3.52. The smallest absolute Gasteiger partial charge is 0.337 e. The lowest BCUT2D eigenvalue weighted by molar-refractivity contribution is 0.0698. The summed E-state index contributed by atoms with van der Waals surface area (Å²) in [7, 11) is 1.57. The van der Waals surface area contributed by atoms with E-state index in [1.165, 1.54) is 22.8 Å². The zero-order chi connectivity index (χ0) is 24.1. The Morgan fingerprint density at radius 2 is 2.06 bits per heavy atom. The van der Waals surface area contributed by atoms with Gasteiger partial charge in [-0.15, -0.1) is 0 Å². The Morgan fingerprint density at radius 3 is 2.79 bits per heavy atom. The van der Waals surface area contributed by atoms with Gasteiger partial charge in [0.15, 0.2) is 0 Å². The summed E-state index contributed by atoms with van der Waals surface area (Å²) in [6.07, 6.45) is 1.80. The van der Waals surface area contributed by atoms with E-state index in [1.54, 1.807) is 25.2 Å². The first-order valence-electron chi connectivity index (χ1n) is 11.3. The fourth-order valence-electron chi connectivity index (χ4n) is 4.94. The predicted octanol–water partition coefficient (Wildman–Crippen LogP) is 3.01. The van der Waals surface area contributed by atoms with E-state index >= 15 is 0 Å². The number of aromatic nitrogens is 3. The number of para-hydroxylation sites is 1. The van der Waals surface area contributed by atoms with E-state index in [9.17, 15) is 19.1 Å². The summed E-state index contributed by atoms with van der Waals surface area (Å²) < 4.78 is 17.3. The minimum Gasteiger partial charge on any atom is -0.478 e. The maximum Gasteiger partial charge on any atom is 0.337 e. The summed E-state index contributed by atoms with van der Waals surface area (Å²) in [6, 6.07) is 9.50. The molecule has 1 fully saturated rings. The average molecular weight is 464 g/mol. The number of fused-ring (bicyclic) bond motifs is 3. The Balaban J connectivity index is 1.84. The van der Waals surface area contributed by atoms with Gasteiger partial charge in [-0.25, -0.2) is 14.2 Å². The lowest BCUT2D eigenvalue weighted by atomic mass is 10.1. The number of carbonyl (C=O) groups is 1. The van der Waals surface area contributed by atoms with Crippen LogP contribution in [-0.4, -0.2) is 44.3 Å². The van der Waals surface area contributed by atoms with E-state index in [4.69, 9.17) is 10.7 Å². The van der Waals surface area contributed by atoms with E-state index in [-0.39, 0.29) is 29.5 Å². The standard InChI is InChI=1S/C25H26FN5O3/c1-14-8-9-16(26)11-15(14)12-31-22-20(28-25(31)30-10-4-5-17(27)13-30)18-6-3-7-19(24(33)34)21(18)29(2)23(22)32/h3,6-9,11,17H,4-5,10,12-13,27H2,1-2H3,(H,33,34)/t17-/m1/s1. The Labute approximate surface area is 195 Å². The monoisotopic (exact) mass is 463 g/mol. The van der Waals surface area contributed by atoms with Crippen LogP contribution in [0.4, 0.5) is 10.3 Å². The molecule has 0 saturated carbocycles. The number of piperidine rings is 1. The maximum atomic E-state index is 14.1. The molecular formula is C25H26FN5O3. The zero-order valence-corrected chi connectivity index (χ0v) is 19.1. The normalized spacial score (nSPS) is 16.5. The van der Waals surface area contributed by atoms with E-state index < -0.39 is 5.97 Å². The molecule has 2 aromatic carbocycles. The minimum absolute atomic E-state index is 0.0175. The van der Waals surface area contributed by atoms with Gasteiger partial charge in [-0.05, 0) is 49.1 Å². The second-order valence-electron chi connectivity index (χ2n) is 8.99. The molecule has 9 heteroatoms. The van der Waals surface area contributed by atoms with Crippen molar-refractivity contribution < 1.29 is 14.3 Å². The summed E-state index contributed by atoms with van der Waals surface area (Å²) >= 11 is 0. The second-order valence-corrected chi connectivity index (χ2v) is 8.99. The average Bonchev–Trinajstić information content (AvgIpc) is 3.19. The molecule has 1 aliphatic heterocycles. The van der Waals surface area contributed by atoms with Gasteiger partial charge in [0.05, 0.1) is 17.6 Å². The van der Waals surface area contributed by atoms with Gasteiger partial charge in [0, 0.05) is 31.6 Å². The highest BCUT2D eigenvalue weighted by Crippen LogP contribution is 2.31. The Hall–Kier alpha value is -3.72. The number of nitrogens with two attached hydrogens (primary N) is 1. The number of carboxylic acids is 1. The third-order valence-corrected chi connectivity index (χ3v) is 6.69. The zero-order valence-electron chi connectivity index (χ0n) is 19.1. The van der Waals surface area contributed by atoms with E-state index in [0.29, 0.717) is 34.4 Å². The lowest BCUT2D eigenvalue weighted by Crippen LogP contribution is -2.44. The lowest BCUT2D eigenvalue weighted by Gasteiger charge is -2.32. The molecule has 0 radical (unpaired) electrons. The second kappa shape index (κ2) is 8.25. The van der Waals surface area contributed by atoms with Crippen molar-refractivity contribution in [3.63, 3.8) is 0 Å². The molecule has 3 N–H and O–H groups in total. The first kappa shape index (κ1) is 22.1. The van der Waals surface area contributed by atoms with Crippen LogP contribution in [0.25, 0.3) is 21.9 Å². The van der Waals surface area contributed by atoms with E-state index in [0.717, 1.165) is 30.5 Å². The fraction of sp³-hybridized carbons (Fsp3) is 0.320. The quantitative estimate of drug-likeness (QED) is 0.482. The fourth-order valence-corrected chi connectivity index (χ4v) is 4.94. The number of carboxylic acid groups (broad SMARTS) is 1. The molecule has 0 spiro atoms. The number of pyridine rings is 1. The molecule has 0 bridgehead atoms. The molecule has 8 nitrogen and oxygen atoms in total. The molecule has 1 atom stereocenters. The predicted molar refractivity (Wildman–Crippen MR) is 129 cm³/mol. The number of rotatable bonds is 4. The van der Waals surface area contributed by atoms with Crippen molar-refractivity contribution in [1.82, 2.24) is 14.1 Å². The van der Waals surface area contributed by atoms with E-state index in [1.807, 2.05) is 11.5 Å².